The van der Waals surface area contributed by atoms with Gasteiger partial charge < -0.3 is 9.90 Å². The minimum Gasteiger partial charge on any atom is -0.481 e. The van der Waals surface area contributed by atoms with Crippen molar-refractivity contribution in [2.45, 2.75) is 38.5 Å². The van der Waals surface area contributed by atoms with E-state index in [1.54, 1.807) is 0 Å². The summed E-state index contributed by atoms with van der Waals surface area (Å²) in [5.41, 5.74) is 0. The number of hydrogen-bond donors (Lipinski definition) is 1. The zero-order valence-corrected chi connectivity index (χ0v) is 6.58. The second-order valence-corrected chi connectivity index (χ2v) is 2.51. The van der Waals surface area contributed by atoms with Crippen LogP contribution in [-0.4, -0.2) is 17.4 Å². The Bertz CT molecular complexity index is 121. The molecule has 0 atom stereocenters. The highest BCUT2D eigenvalue weighted by Gasteiger charge is 1.95. The van der Waals surface area contributed by atoms with Crippen molar-refractivity contribution in [3.8, 4) is 0 Å². The maximum Gasteiger partial charge on any atom is 0.303 e. The van der Waals surface area contributed by atoms with Crippen molar-refractivity contribution in [1.29, 1.82) is 0 Å². The molecule has 0 aromatic carbocycles. The Morgan fingerprint density at radius 1 is 1.18 bits per heavy atom. The first-order valence-electron chi connectivity index (χ1n) is 3.93. The molecule has 0 amide bonds. The van der Waals surface area contributed by atoms with Crippen LogP contribution in [0.5, 0.6) is 0 Å². The smallest absolute Gasteiger partial charge is 0.303 e. The third kappa shape index (κ3) is 9.14. The molecule has 3 heteroatoms. The number of aliphatic carboxylic acids is 1. The van der Waals surface area contributed by atoms with Gasteiger partial charge in [-0.3, -0.25) is 4.79 Å². The van der Waals surface area contributed by atoms with Crippen molar-refractivity contribution < 1.29 is 14.7 Å². The fraction of sp³-hybridized carbons (Fsp3) is 0.750. The second-order valence-electron chi connectivity index (χ2n) is 2.51. The number of carbonyl (C=O) groups excluding carboxylic acids is 1. The standard InChI is InChI=1S/C8H14O3/c9-7-5-3-1-2-4-6-8(10)11/h7H,1-6H2,(H,10,11). The summed E-state index contributed by atoms with van der Waals surface area (Å²) in [5, 5.41) is 8.26. The van der Waals surface area contributed by atoms with Gasteiger partial charge in [0.05, 0.1) is 0 Å². The largest absolute Gasteiger partial charge is 0.481 e. The lowest BCUT2D eigenvalue weighted by Gasteiger charge is -1.94. The molecule has 64 valence electrons. The van der Waals surface area contributed by atoms with E-state index in [1.807, 2.05) is 0 Å². The molecule has 0 heterocycles. The molecule has 0 rings (SSSR count). The Balaban J connectivity index is 2.90. The van der Waals surface area contributed by atoms with Crippen LogP contribution in [-0.2, 0) is 9.59 Å². The number of carboxylic acid groups (broad SMARTS) is 1. The minimum absolute atomic E-state index is 0.251. The molecule has 0 aliphatic carbocycles. The van der Waals surface area contributed by atoms with Gasteiger partial charge >= 0.3 is 5.97 Å². The molecule has 0 aliphatic rings. The van der Waals surface area contributed by atoms with Gasteiger partial charge in [0.15, 0.2) is 0 Å². The topological polar surface area (TPSA) is 54.4 Å². The molecule has 11 heavy (non-hydrogen) atoms. The molecule has 0 fully saturated rings. The number of carboxylic acids is 1. The molecule has 0 saturated heterocycles. The predicted molar refractivity (Wildman–Crippen MR) is 41.4 cm³/mol. The van der Waals surface area contributed by atoms with E-state index in [0.29, 0.717) is 6.42 Å². The van der Waals surface area contributed by atoms with Gasteiger partial charge in [0.1, 0.15) is 6.29 Å². The van der Waals surface area contributed by atoms with Crippen LogP contribution in [0.25, 0.3) is 0 Å². The average Bonchev–Trinajstić information content (AvgIpc) is 1.96. The van der Waals surface area contributed by atoms with E-state index in [0.717, 1.165) is 32.0 Å². The van der Waals surface area contributed by atoms with Crippen LogP contribution < -0.4 is 0 Å². The van der Waals surface area contributed by atoms with Crippen LogP contribution in [0.15, 0.2) is 0 Å². The molecule has 0 unspecified atom stereocenters. The summed E-state index contributed by atoms with van der Waals surface area (Å²) in [6, 6.07) is 0. The molecule has 0 spiro atoms. The summed E-state index contributed by atoms with van der Waals surface area (Å²) < 4.78 is 0. The quantitative estimate of drug-likeness (QED) is 0.452. The van der Waals surface area contributed by atoms with E-state index < -0.39 is 5.97 Å². The normalized spacial score (nSPS) is 9.45. The molecular formula is C8H14O3. The van der Waals surface area contributed by atoms with E-state index in [-0.39, 0.29) is 6.42 Å². The second kappa shape index (κ2) is 7.25. The first kappa shape index (κ1) is 10.1. The van der Waals surface area contributed by atoms with Crippen LogP contribution in [0.3, 0.4) is 0 Å². The lowest BCUT2D eigenvalue weighted by molar-refractivity contribution is -0.137. The van der Waals surface area contributed by atoms with Crippen LogP contribution in [0.4, 0.5) is 0 Å². The highest BCUT2D eigenvalue weighted by molar-refractivity contribution is 5.66. The Kier molecular flexibility index (Phi) is 6.68. The van der Waals surface area contributed by atoms with Crippen LogP contribution in [0.2, 0.25) is 0 Å². The molecule has 3 nitrogen and oxygen atoms in total. The maximum absolute atomic E-state index is 10.0. The van der Waals surface area contributed by atoms with E-state index in [1.165, 1.54) is 0 Å². The van der Waals surface area contributed by atoms with Gasteiger partial charge in [0.2, 0.25) is 0 Å². The summed E-state index contributed by atoms with van der Waals surface area (Å²) in [4.78, 5) is 19.9. The minimum atomic E-state index is -0.736. The average molecular weight is 158 g/mol. The van der Waals surface area contributed by atoms with E-state index >= 15 is 0 Å². The molecule has 0 bridgehead atoms. The fourth-order valence-corrected chi connectivity index (χ4v) is 0.857. The maximum atomic E-state index is 10.0. The molecular weight excluding hydrogens is 144 g/mol. The highest BCUT2D eigenvalue weighted by atomic mass is 16.4. The number of rotatable bonds is 7. The van der Waals surface area contributed by atoms with E-state index in [2.05, 4.69) is 0 Å². The van der Waals surface area contributed by atoms with Crippen LogP contribution in [0.1, 0.15) is 38.5 Å². The molecule has 0 radical (unpaired) electrons. The summed E-state index contributed by atoms with van der Waals surface area (Å²) >= 11 is 0. The van der Waals surface area contributed by atoms with E-state index in [9.17, 15) is 9.59 Å². The molecule has 0 aromatic heterocycles. The number of hydrogen-bond acceptors (Lipinski definition) is 2. The molecule has 0 saturated carbocycles. The highest BCUT2D eigenvalue weighted by Crippen LogP contribution is 2.03. The van der Waals surface area contributed by atoms with Crippen molar-refractivity contribution in [1.82, 2.24) is 0 Å². The van der Waals surface area contributed by atoms with Crippen molar-refractivity contribution >= 4 is 12.3 Å². The molecule has 1 N–H and O–H groups in total. The van der Waals surface area contributed by atoms with Gasteiger partial charge in [-0.25, -0.2) is 0 Å². The van der Waals surface area contributed by atoms with Gasteiger partial charge in [-0.05, 0) is 12.8 Å². The predicted octanol–water partition coefficient (Wildman–Crippen LogP) is 1.61. The Morgan fingerprint density at radius 3 is 2.36 bits per heavy atom. The van der Waals surface area contributed by atoms with Crippen molar-refractivity contribution in [3.63, 3.8) is 0 Å². The van der Waals surface area contributed by atoms with Crippen LogP contribution in [0, 0.1) is 0 Å². The Morgan fingerprint density at radius 2 is 1.82 bits per heavy atom. The van der Waals surface area contributed by atoms with Gasteiger partial charge in [-0.2, -0.15) is 0 Å². The molecule has 0 aliphatic heterocycles. The zero-order chi connectivity index (χ0) is 8.53. The molecule has 0 aromatic rings. The van der Waals surface area contributed by atoms with Gasteiger partial charge in [0.25, 0.3) is 0 Å². The SMILES string of the molecule is O=CCCCCCCC(=O)O. The number of unbranched alkanes of at least 4 members (excludes halogenated alkanes) is 4. The van der Waals surface area contributed by atoms with Gasteiger partial charge in [-0.1, -0.05) is 12.8 Å². The number of carbonyl (C=O) groups is 2. The summed E-state index contributed by atoms with van der Waals surface area (Å²) in [5.74, 6) is -0.736. The Hall–Kier alpha value is -0.860. The summed E-state index contributed by atoms with van der Waals surface area (Å²) in [7, 11) is 0. The van der Waals surface area contributed by atoms with E-state index in [4.69, 9.17) is 5.11 Å². The summed E-state index contributed by atoms with van der Waals surface area (Å²) in [6.07, 6.45) is 5.26. The summed E-state index contributed by atoms with van der Waals surface area (Å²) in [6.45, 7) is 0. The lowest BCUT2D eigenvalue weighted by Crippen LogP contribution is -1.93. The Labute approximate surface area is 66.4 Å². The monoisotopic (exact) mass is 158 g/mol. The third-order valence-corrected chi connectivity index (χ3v) is 1.46. The zero-order valence-electron chi connectivity index (χ0n) is 6.58. The van der Waals surface area contributed by atoms with Gasteiger partial charge in [-0.15, -0.1) is 0 Å². The first-order valence-corrected chi connectivity index (χ1v) is 3.93. The van der Waals surface area contributed by atoms with Crippen molar-refractivity contribution in [2.75, 3.05) is 0 Å². The van der Waals surface area contributed by atoms with Gasteiger partial charge in [0, 0.05) is 12.8 Å². The fourth-order valence-electron chi connectivity index (χ4n) is 0.857. The van der Waals surface area contributed by atoms with Crippen molar-refractivity contribution in [2.24, 2.45) is 0 Å². The first-order chi connectivity index (χ1) is 5.27. The van der Waals surface area contributed by atoms with Crippen molar-refractivity contribution in [3.05, 3.63) is 0 Å². The number of aldehydes is 1. The van der Waals surface area contributed by atoms with Crippen LogP contribution >= 0.6 is 0 Å². The lowest BCUT2D eigenvalue weighted by atomic mass is 10.1. The third-order valence-electron chi connectivity index (χ3n) is 1.46.